The second-order valence-electron chi connectivity index (χ2n) is 5.65. The monoisotopic (exact) mass is 488 g/mol. The molecule has 9 heteroatoms. The molecule has 2 N–H and O–H groups in total. The molecular weight excluding hydrogens is 459 g/mol. The van der Waals surface area contributed by atoms with E-state index in [1.165, 1.54) is 6.33 Å². The summed E-state index contributed by atoms with van der Waals surface area (Å²) in [6.07, 6.45) is 1.54. The topological polar surface area (TPSA) is 85.6 Å². The van der Waals surface area contributed by atoms with Gasteiger partial charge in [-0.05, 0) is 18.1 Å². The summed E-state index contributed by atoms with van der Waals surface area (Å²) in [7, 11) is 3.61. The van der Waals surface area contributed by atoms with Crippen molar-refractivity contribution in [1.82, 2.24) is 25.4 Å². The maximum atomic E-state index is 5.62. The molecule has 8 nitrogen and oxygen atoms in total. The van der Waals surface area contributed by atoms with Crippen LogP contribution in [-0.4, -0.2) is 47.6 Å². The lowest BCUT2D eigenvalue weighted by atomic mass is 10.1. The van der Waals surface area contributed by atoms with Crippen LogP contribution < -0.4 is 10.6 Å². The van der Waals surface area contributed by atoms with Crippen LogP contribution in [-0.2, 0) is 36.2 Å². The molecule has 27 heavy (non-hydrogen) atoms. The summed E-state index contributed by atoms with van der Waals surface area (Å²) in [5, 5.41) is 10.6. The number of nitrogens with zero attached hydrogens (tertiary/aromatic N) is 4. The molecule has 1 heterocycles. The summed E-state index contributed by atoms with van der Waals surface area (Å²) >= 11 is 0. The van der Waals surface area contributed by atoms with Crippen LogP contribution in [0.2, 0.25) is 0 Å². The Bertz CT molecular complexity index is 692. The van der Waals surface area contributed by atoms with Crippen molar-refractivity contribution in [3.8, 4) is 0 Å². The van der Waals surface area contributed by atoms with Crippen molar-refractivity contribution in [1.29, 1.82) is 0 Å². The molecule has 0 bridgehead atoms. The highest BCUT2D eigenvalue weighted by Crippen LogP contribution is 2.06. The lowest BCUT2D eigenvalue weighted by molar-refractivity contribution is 0.0453. The average Bonchev–Trinajstić information content (AvgIpc) is 3.07. The molecule has 150 valence electrons. The van der Waals surface area contributed by atoms with Crippen molar-refractivity contribution >= 4 is 29.9 Å². The number of rotatable bonds is 10. The van der Waals surface area contributed by atoms with E-state index in [1.807, 2.05) is 20.0 Å². The van der Waals surface area contributed by atoms with Crippen molar-refractivity contribution in [2.24, 2.45) is 12.0 Å². The summed E-state index contributed by atoms with van der Waals surface area (Å²) in [6, 6.07) is 8.30. The smallest absolute Gasteiger partial charge is 0.191 e. The second kappa shape index (κ2) is 13.4. The molecule has 2 aromatic rings. The van der Waals surface area contributed by atoms with Gasteiger partial charge < -0.3 is 20.1 Å². The Hall–Kier alpha value is -1.72. The third kappa shape index (κ3) is 8.67. The van der Waals surface area contributed by atoms with Crippen molar-refractivity contribution in [2.45, 2.75) is 26.6 Å². The first kappa shape index (κ1) is 23.3. The van der Waals surface area contributed by atoms with Crippen LogP contribution in [0.15, 0.2) is 35.6 Å². The van der Waals surface area contributed by atoms with Crippen molar-refractivity contribution in [3.05, 3.63) is 47.5 Å². The van der Waals surface area contributed by atoms with Gasteiger partial charge in [-0.15, -0.1) is 24.0 Å². The van der Waals surface area contributed by atoms with Gasteiger partial charge in [-0.25, -0.2) is 4.98 Å². The number of hydrogen-bond acceptors (Lipinski definition) is 5. The van der Waals surface area contributed by atoms with E-state index in [0.717, 1.165) is 23.6 Å². The van der Waals surface area contributed by atoms with E-state index in [4.69, 9.17) is 9.47 Å². The molecule has 0 aliphatic heterocycles. The molecule has 0 aliphatic rings. The van der Waals surface area contributed by atoms with E-state index in [0.29, 0.717) is 38.9 Å². The number of benzene rings is 1. The number of aromatic nitrogens is 3. The van der Waals surface area contributed by atoms with E-state index in [9.17, 15) is 0 Å². The minimum atomic E-state index is 0. The first-order valence-corrected chi connectivity index (χ1v) is 8.73. The number of hydrogen-bond donors (Lipinski definition) is 2. The van der Waals surface area contributed by atoms with Crippen LogP contribution in [0.25, 0.3) is 0 Å². The predicted octanol–water partition coefficient (Wildman–Crippen LogP) is 1.85. The number of nitrogens with one attached hydrogen (secondary N) is 2. The molecule has 0 aliphatic carbocycles. The quantitative estimate of drug-likeness (QED) is 0.230. The molecule has 0 spiro atoms. The Kier molecular flexibility index (Phi) is 11.6. The van der Waals surface area contributed by atoms with Gasteiger partial charge in [0.05, 0.1) is 26.4 Å². The normalized spacial score (nSPS) is 11.1. The van der Waals surface area contributed by atoms with E-state index >= 15 is 0 Å². The van der Waals surface area contributed by atoms with Gasteiger partial charge >= 0.3 is 0 Å². The average molecular weight is 488 g/mol. The molecule has 0 saturated heterocycles. The molecular formula is C18H29IN6O2. The fourth-order valence-corrected chi connectivity index (χ4v) is 2.33. The number of aryl methyl sites for hydroxylation is 1. The highest BCUT2D eigenvalue weighted by Gasteiger charge is 2.03. The van der Waals surface area contributed by atoms with Crippen LogP contribution in [0.3, 0.4) is 0 Å². The molecule has 0 amide bonds. The lowest BCUT2D eigenvalue weighted by Crippen LogP contribution is -2.36. The van der Waals surface area contributed by atoms with Crippen LogP contribution in [0.4, 0.5) is 0 Å². The summed E-state index contributed by atoms with van der Waals surface area (Å²) in [5.41, 5.74) is 2.31. The lowest BCUT2D eigenvalue weighted by Gasteiger charge is -2.12. The SMILES string of the molecule is CCOCCOCc1cccc(CNC(=NC)NCc2ncnn2C)c1.I. The molecule has 2 rings (SSSR count). The van der Waals surface area contributed by atoms with Gasteiger partial charge in [0, 0.05) is 27.2 Å². The third-order valence-electron chi connectivity index (χ3n) is 3.74. The Morgan fingerprint density at radius 1 is 1.15 bits per heavy atom. The minimum absolute atomic E-state index is 0. The number of guanidine groups is 1. The number of halogens is 1. The molecule has 0 atom stereocenters. The second-order valence-corrected chi connectivity index (χ2v) is 5.65. The molecule has 1 aromatic heterocycles. The van der Waals surface area contributed by atoms with Crippen molar-refractivity contribution in [3.63, 3.8) is 0 Å². The third-order valence-corrected chi connectivity index (χ3v) is 3.74. The van der Waals surface area contributed by atoms with Crippen LogP contribution in [0.1, 0.15) is 23.9 Å². The fourth-order valence-electron chi connectivity index (χ4n) is 2.33. The van der Waals surface area contributed by atoms with Gasteiger partial charge in [0.25, 0.3) is 0 Å². The van der Waals surface area contributed by atoms with Gasteiger partial charge in [-0.1, -0.05) is 24.3 Å². The maximum absolute atomic E-state index is 5.62. The first-order valence-electron chi connectivity index (χ1n) is 8.73. The number of aliphatic imine (C=N–C) groups is 1. The van der Waals surface area contributed by atoms with Crippen LogP contribution in [0, 0.1) is 0 Å². The van der Waals surface area contributed by atoms with Gasteiger partial charge in [0.15, 0.2) is 5.96 Å². The molecule has 1 aromatic carbocycles. The van der Waals surface area contributed by atoms with Gasteiger partial charge in [0.2, 0.25) is 0 Å². The zero-order chi connectivity index (χ0) is 18.6. The number of ether oxygens (including phenoxy) is 2. The highest BCUT2D eigenvalue weighted by molar-refractivity contribution is 14.0. The highest BCUT2D eigenvalue weighted by atomic mass is 127. The summed E-state index contributed by atoms with van der Waals surface area (Å²) in [4.78, 5) is 8.41. The molecule has 0 saturated carbocycles. The van der Waals surface area contributed by atoms with E-state index < -0.39 is 0 Å². The van der Waals surface area contributed by atoms with Crippen molar-refractivity contribution < 1.29 is 9.47 Å². The molecule has 0 unspecified atom stereocenters. The molecule has 0 fully saturated rings. The van der Waals surface area contributed by atoms with Gasteiger partial charge in [-0.3, -0.25) is 9.67 Å². The Balaban J connectivity index is 0.00000364. The first-order chi connectivity index (χ1) is 12.7. The van der Waals surface area contributed by atoms with E-state index in [1.54, 1.807) is 11.7 Å². The Morgan fingerprint density at radius 2 is 1.89 bits per heavy atom. The van der Waals surface area contributed by atoms with Gasteiger partial charge in [0.1, 0.15) is 12.2 Å². The summed E-state index contributed by atoms with van der Waals surface area (Å²) in [5.74, 6) is 1.56. The maximum Gasteiger partial charge on any atom is 0.191 e. The zero-order valence-electron chi connectivity index (χ0n) is 16.1. The minimum Gasteiger partial charge on any atom is -0.379 e. The standard InChI is InChI=1S/C18H28N6O2.HI/c1-4-25-8-9-26-13-16-7-5-6-15(10-16)11-20-18(19-2)21-12-17-22-14-23-24(17)3;/h5-7,10,14H,4,8-9,11-13H2,1-3H3,(H2,19,20,21);1H. The zero-order valence-corrected chi connectivity index (χ0v) is 18.5. The largest absolute Gasteiger partial charge is 0.379 e. The Morgan fingerprint density at radius 3 is 2.59 bits per heavy atom. The van der Waals surface area contributed by atoms with E-state index in [-0.39, 0.29) is 24.0 Å². The molecule has 0 radical (unpaired) electrons. The van der Waals surface area contributed by atoms with E-state index in [2.05, 4.69) is 43.9 Å². The van der Waals surface area contributed by atoms with Gasteiger partial charge in [-0.2, -0.15) is 5.10 Å². The van der Waals surface area contributed by atoms with Crippen molar-refractivity contribution in [2.75, 3.05) is 26.9 Å². The summed E-state index contributed by atoms with van der Waals surface area (Å²) in [6.45, 7) is 5.75. The fraction of sp³-hybridized carbons (Fsp3) is 0.500. The van der Waals surface area contributed by atoms with Crippen LogP contribution >= 0.6 is 24.0 Å². The summed E-state index contributed by atoms with van der Waals surface area (Å²) < 4.78 is 12.6. The van der Waals surface area contributed by atoms with Crippen LogP contribution in [0.5, 0.6) is 0 Å². The Labute approximate surface area is 177 Å². The predicted molar refractivity (Wildman–Crippen MR) is 116 cm³/mol.